The number of H-pyrrole nitrogens is 1. The largest absolute Gasteiger partial charge is 0.492 e. The van der Waals surface area contributed by atoms with Crippen LogP contribution in [0, 0.1) is 0 Å². The maximum Gasteiger partial charge on any atom is 0.255 e. The van der Waals surface area contributed by atoms with Crippen molar-refractivity contribution in [2.45, 2.75) is 44.6 Å². The minimum absolute atomic E-state index is 0.0359. The fraction of sp³-hybridized carbons (Fsp3) is 0.385. The van der Waals surface area contributed by atoms with Crippen molar-refractivity contribution in [2.24, 2.45) is 0 Å². The van der Waals surface area contributed by atoms with E-state index in [-0.39, 0.29) is 18.4 Å². The van der Waals surface area contributed by atoms with Crippen LogP contribution in [0.4, 0.5) is 0 Å². The number of benzene rings is 2. The Morgan fingerprint density at radius 2 is 2.06 bits per heavy atom. The van der Waals surface area contributed by atoms with E-state index in [1.165, 1.54) is 0 Å². The number of carbonyl (C=O) groups excluding carboxylic acids is 2. The molecule has 0 aliphatic carbocycles. The molecule has 2 amide bonds. The molecular formula is C26H31N3O4. The molecule has 0 bridgehead atoms. The van der Waals surface area contributed by atoms with Crippen molar-refractivity contribution in [2.75, 3.05) is 20.3 Å². The van der Waals surface area contributed by atoms with Gasteiger partial charge in [-0.2, -0.15) is 0 Å². The average molecular weight is 450 g/mol. The quantitative estimate of drug-likeness (QED) is 0.425. The third-order valence-electron chi connectivity index (χ3n) is 6.17. The lowest BCUT2D eigenvalue weighted by Gasteiger charge is -2.19. The number of para-hydroxylation sites is 1. The molecule has 4 N–H and O–H groups in total. The molecule has 0 spiro atoms. The first-order valence-electron chi connectivity index (χ1n) is 11.5. The van der Waals surface area contributed by atoms with E-state index >= 15 is 0 Å². The Balaban J connectivity index is 1.56. The van der Waals surface area contributed by atoms with Gasteiger partial charge in [-0.25, -0.2) is 0 Å². The number of hydrogen-bond acceptors (Lipinski definition) is 4. The molecule has 2 aromatic carbocycles. The highest BCUT2D eigenvalue weighted by Crippen LogP contribution is 2.31. The maximum absolute atomic E-state index is 13.3. The standard InChI is InChI=1S/C26H31N3O4/c1-27-24(31)10-9-17-12-18-6-4-5-11-33-25(18)22(13-17)26(32)29-20(16-30)14-19-15-28-23-8-3-2-7-21(19)23/h2-3,7-8,12-13,15,20,28,30H,4-6,9-11,14,16H2,1H3,(H,27,31)(H,29,32)/t20-/m1/s1. The number of aliphatic hydroxyl groups excluding tert-OH is 1. The molecule has 0 radical (unpaired) electrons. The first-order chi connectivity index (χ1) is 16.1. The lowest BCUT2D eigenvalue weighted by Crippen LogP contribution is -2.39. The zero-order valence-corrected chi connectivity index (χ0v) is 18.9. The highest BCUT2D eigenvalue weighted by atomic mass is 16.5. The van der Waals surface area contributed by atoms with Crippen molar-refractivity contribution in [1.82, 2.24) is 15.6 Å². The van der Waals surface area contributed by atoms with Crippen LogP contribution in [0.3, 0.4) is 0 Å². The molecule has 1 aromatic heterocycles. The van der Waals surface area contributed by atoms with Crippen LogP contribution in [0.1, 0.15) is 46.3 Å². The molecule has 7 nitrogen and oxygen atoms in total. The number of ether oxygens (including phenoxy) is 1. The fourth-order valence-electron chi connectivity index (χ4n) is 4.39. The summed E-state index contributed by atoms with van der Waals surface area (Å²) in [5.41, 5.74) is 4.48. The summed E-state index contributed by atoms with van der Waals surface area (Å²) in [6.45, 7) is 0.397. The molecule has 174 valence electrons. The van der Waals surface area contributed by atoms with Crippen molar-refractivity contribution < 1.29 is 19.4 Å². The van der Waals surface area contributed by atoms with E-state index in [1.54, 1.807) is 7.05 Å². The van der Waals surface area contributed by atoms with Crippen LogP contribution in [0.15, 0.2) is 42.6 Å². The van der Waals surface area contributed by atoms with Gasteiger partial charge in [0.1, 0.15) is 5.75 Å². The zero-order valence-electron chi connectivity index (χ0n) is 18.9. The van der Waals surface area contributed by atoms with Crippen LogP contribution in [-0.2, 0) is 24.1 Å². The van der Waals surface area contributed by atoms with E-state index in [4.69, 9.17) is 4.74 Å². The summed E-state index contributed by atoms with van der Waals surface area (Å²) in [4.78, 5) is 28.3. The van der Waals surface area contributed by atoms with Crippen LogP contribution in [-0.4, -0.2) is 48.2 Å². The minimum atomic E-state index is -0.437. The van der Waals surface area contributed by atoms with Gasteiger partial charge in [0.05, 0.1) is 24.8 Å². The lowest BCUT2D eigenvalue weighted by atomic mass is 9.97. The van der Waals surface area contributed by atoms with E-state index in [1.807, 2.05) is 36.5 Å². The second-order valence-corrected chi connectivity index (χ2v) is 8.53. The van der Waals surface area contributed by atoms with Gasteiger partial charge in [-0.1, -0.05) is 24.3 Å². The second kappa shape index (κ2) is 10.5. The van der Waals surface area contributed by atoms with Crippen molar-refractivity contribution in [1.29, 1.82) is 0 Å². The number of hydrogen-bond donors (Lipinski definition) is 4. The number of rotatable bonds is 8. The molecule has 1 aliphatic rings. The van der Waals surface area contributed by atoms with Crippen molar-refractivity contribution in [3.8, 4) is 5.75 Å². The molecule has 4 rings (SSSR count). The van der Waals surface area contributed by atoms with Gasteiger partial charge < -0.3 is 25.5 Å². The highest BCUT2D eigenvalue weighted by molar-refractivity contribution is 5.98. The smallest absolute Gasteiger partial charge is 0.255 e. The molecule has 0 saturated heterocycles. The Morgan fingerprint density at radius 1 is 1.21 bits per heavy atom. The topological polar surface area (TPSA) is 103 Å². The molecule has 1 aliphatic heterocycles. The fourth-order valence-corrected chi connectivity index (χ4v) is 4.39. The van der Waals surface area contributed by atoms with E-state index in [2.05, 4.69) is 21.7 Å². The van der Waals surface area contributed by atoms with Gasteiger partial charge in [0.15, 0.2) is 0 Å². The van der Waals surface area contributed by atoms with Gasteiger partial charge in [-0.15, -0.1) is 0 Å². The normalized spacial score (nSPS) is 14.1. The minimum Gasteiger partial charge on any atom is -0.492 e. The maximum atomic E-state index is 13.3. The SMILES string of the molecule is CNC(=O)CCc1cc2c(c(C(=O)N[C@@H](CO)Cc3c[nH]c4ccccc34)c1)OCCCC2. The molecule has 7 heteroatoms. The van der Waals surface area contributed by atoms with Crippen molar-refractivity contribution in [3.63, 3.8) is 0 Å². The second-order valence-electron chi connectivity index (χ2n) is 8.53. The van der Waals surface area contributed by atoms with Crippen molar-refractivity contribution >= 4 is 22.7 Å². The number of nitrogens with one attached hydrogen (secondary N) is 3. The monoisotopic (exact) mass is 449 g/mol. The van der Waals surface area contributed by atoms with Crippen LogP contribution >= 0.6 is 0 Å². The molecule has 2 heterocycles. The van der Waals surface area contributed by atoms with Gasteiger partial charge in [0.25, 0.3) is 5.91 Å². The van der Waals surface area contributed by atoms with E-state index in [0.29, 0.717) is 37.2 Å². The van der Waals surface area contributed by atoms with Crippen LogP contribution in [0.2, 0.25) is 0 Å². The first kappa shape index (κ1) is 22.9. The Hall–Kier alpha value is -3.32. The van der Waals surface area contributed by atoms with Crippen LogP contribution in [0.25, 0.3) is 10.9 Å². The summed E-state index contributed by atoms with van der Waals surface area (Å²) >= 11 is 0. The predicted octanol–water partition coefficient (Wildman–Crippen LogP) is 2.90. The first-order valence-corrected chi connectivity index (χ1v) is 11.5. The zero-order chi connectivity index (χ0) is 23.2. The molecule has 0 unspecified atom stereocenters. The Labute approximate surface area is 193 Å². The molecule has 33 heavy (non-hydrogen) atoms. The molecule has 1 atom stereocenters. The number of aromatic nitrogens is 1. The van der Waals surface area contributed by atoms with Gasteiger partial charge >= 0.3 is 0 Å². The number of aliphatic hydroxyl groups is 1. The summed E-state index contributed by atoms with van der Waals surface area (Å²) in [7, 11) is 1.62. The van der Waals surface area contributed by atoms with Gasteiger partial charge in [-0.3, -0.25) is 9.59 Å². The summed E-state index contributed by atoms with van der Waals surface area (Å²) in [5, 5.41) is 16.7. The van der Waals surface area contributed by atoms with Gasteiger partial charge in [-0.05, 0) is 60.9 Å². The third-order valence-corrected chi connectivity index (χ3v) is 6.17. The Bertz CT molecular complexity index is 1140. The summed E-state index contributed by atoms with van der Waals surface area (Å²) in [5.74, 6) is 0.317. The average Bonchev–Trinajstić information content (AvgIpc) is 3.09. The number of fused-ring (bicyclic) bond motifs is 2. The molecular weight excluding hydrogens is 418 g/mol. The predicted molar refractivity (Wildman–Crippen MR) is 128 cm³/mol. The lowest BCUT2D eigenvalue weighted by molar-refractivity contribution is -0.120. The van der Waals surface area contributed by atoms with Crippen LogP contribution < -0.4 is 15.4 Å². The van der Waals surface area contributed by atoms with E-state index in [9.17, 15) is 14.7 Å². The summed E-state index contributed by atoms with van der Waals surface area (Å²) < 4.78 is 5.97. The van der Waals surface area contributed by atoms with Crippen LogP contribution in [0.5, 0.6) is 5.75 Å². The van der Waals surface area contributed by atoms with Gasteiger partial charge in [0.2, 0.25) is 5.91 Å². The highest BCUT2D eigenvalue weighted by Gasteiger charge is 2.23. The Morgan fingerprint density at radius 3 is 2.88 bits per heavy atom. The van der Waals surface area contributed by atoms with Gasteiger partial charge in [0, 0.05) is 30.6 Å². The number of carbonyl (C=O) groups is 2. The number of aromatic amines is 1. The van der Waals surface area contributed by atoms with Crippen molar-refractivity contribution in [3.05, 3.63) is 64.8 Å². The summed E-state index contributed by atoms with van der Waals surface area (Å²) in [6.07, 6.45) is 6.10. The van der Waals surface area contributed by atoms with E-state index < -0.39 is 6.04 Å². The van der Waals surface area contributed by atoms with E-state index in [0.717, 1.165) is 46.9 Å². The molecule has 0 saturated carbocycles. The number of aryl methyl sites for hydroxylation is 2. The summed E-state index contributed by atoms with van der Waals surface area (Å²) in [6, 6.07) is 11.4. The number of amides is 2. The molecule has 0 fully saturated rings. The third kappa shape index (κ3) is 5.37. The Kier molecular flexibility index (Phi) is 7.29. The molecule has 3 aromatic rings.